The number of hydrogen-bond donors (Lipinski definition) is 2. The molecule has 7 heteroatoms. The third kappa shape index (κ3) is 4.79. The molecule has 32 heavy (non-hydrogen) atoms. The van der Waals surface area contributed by atoms with E-state index in [0.29, 0.717) is 25.7 Å². The number of ether oxygens (including phenoxy) is 2. The molecule has 1 saturated carbocycles. The molecule has 2 aliphatic rings. The topological polar surface area (TPSA) is 67.8 Å². The van der Waals surface area contributed by atoms with Crippen molar-refractivity contribution in [3.8, 4) is 11.1 Å². The van der Waals surface area contributed by atoms with Crippen LogP contribution in [0.15, 0.2) is 48.5 Å². The Hall–Kier alpha value is -2.51. The van der Waals surface area contributed by atoms with E-state index in [1.807, 2.05) is 24.3 Å². The number of amides is 1. The minimum Gasteiger partial charge on any atom is -0.449 e. The van der Waals surface area contributed by atoms with Crippen LogP contribution in [0, 0.1) is 5.92 Å². The highest BCUT2D eigenvalue weighted by Crippen LogP contribution is 2.44. The second-order valence-electron chi connectivity index (χ2n) is 8.61. The van der Waals surface area contributed by atoms with Crippen molar-refractivity contribution in [2.75, 3.05) is 26.4 Å². The van der Waals surface area contributed by atoms with E-state index in [9.17, 15) is 13.6 Å². The van der Waals surface area contributed by atoms with Gasteiger partial charge in [-0.1, -0.05) is 48.5 Å². The molecule has 5 nitrogen and oxygen atoms in total. The highest BCUT2D eigenvalue weighted by atomic mass is 19.3. The molecule has 0 radical (unpaired) electrons. The summed E-state index contributed by atoms with van der Waals surface area (Å²) >= 11 is 0. The fourth-order valence-electron chi connectivity index (χ4n) is 4.94. The van der Waals surface area contributed by atoms with E-state index in [1.165, 1.54) is 0 Å². The number of fused-ring (bicyclic) bond motifs is 3. The monoisotopic (exact) mass is 445 g/mol. The fraction of sp³-hybridized carbons (Fsp3) is 0.480. The number of nitrogens with one attached hydrogen (secondary N) is 1. The van der Waals surface area contributed by atoms with Crippen molar-refractivity contribution < 1.29 is 28.2 Å². The number of carbonyl (C=O) groups excluding carboxylic acids is 1. The van der Waals surface area contributed by atoms with Crippen molar-refractivity contribution >= 4 is 6.09 Å². The highest BCUT2D eigenvalue weighted by Gasteiger charge is 2.39. The SMILES string of the molecule is O=C(NCC1(OCCO)CCC(C(F)F)CC1)OCC1c2ccccc2-c2ccccc21. The fourth-order valence-corrected chi connectivity index (χ4v) is 4.94. The Labute approximate surface area is 186 Å². The molecule has 0 aliphatic heterocycles. The van der Waals surface area contributed by atoms with Gasteiger partial charge < -0.3 is 19.9 Å². The summed E-state index contributed by atoms with van der Waals surface area (Å²) in [7, 11) is 0. The molecular weight excluding hydrogens is 416 g/mol. The van der Waals surface area contributed by atoms with Gasteiger partial charge in [0, 0.05) is 18.4 Å². The van der Waals surface area contributed by atoms with Gasteiger partial charge in [0.1, 0.15) is 6.61 Å². The maximum Gasteiger partial charge on any atom is 0.407 e. The summed E-state index contributed by atoms with van der Waals surface area (Å²) in [6.07, 6.45) is -1.43. The van der Waals surface area contributed by atoms with E-state index < -0.39 is 24.0 Å². The van der Waals surface area contributed by atoms with Crippen molar-refractivity contribution in [1.29, 1.82) is 0 Å². The van der Waals surface area contributed by atoms with E-state index in [0.717, 1.165) is 22.3 Å². The van der Waals surface area contributed by atoms with Gasteiger partial charge in [-0.25, -0.2) is 13.6 Å². The zero-order valence-corrected chi connectivity index (χ0v) is 17.9. The number of aliphatic hydroxyl groups excluding tert-OH is 1. The van der Waals surface area contributed by atoms with Gasteiger partial charge in [0.05, 0.1) is 18.8 Å². The molecule has 2 N–H and O–H groups in total. The molecule has 0 aromatic heterocycles. The second-order valence-corrected chi connectivity index (χ2v) is 8.61. The molecule has 0 unspecified atom stereocenters. The first-order chi connectivity index (χ1) is 15.5. The number of hydrogen-bond acceptors (Lipinski definition) is 4. The van der Waals surface area contributed by atoms with Crippen LogP contribution in [-0.2, 0) is 9.47 Å². The molecule has 0 saturated heterocycles. The summed E-state index contributed by atoms with van der Waals surface area (Å²) in [6.45, 7) is 0.314. The molecule has 4 rings (SSSR count). The highest BCUT2D eigenvalue weighted by molar-refractivity contribution is 5.79. The zero-order valence-electron chi connectivity index (χ0n) is 17.9. The number of aliphatic hydroxyl groups is 1. The molecular formula is C25H29F2NO4. The van der Waals surface area contributed by atoms with Gasteiger partial charge in [-0.15, -0.1) is 0 Å². The lowest BCUT2D eigenvalue weighted by Crippen LogP contribution is -2.48. The van der Waals surface area contributed by atoms with Crippen molar-refractivity contribution in [1.82, 2.24) is 5.32 Å². The van der Waals surface area contributed by atoms with Gasteiger partial charge >= 0.3 is 6.09 Å². The van der Waals surface area contributed by atoms with Crippen molar-refractivity contribution in [3.63, 3.8) is 0 Å². The third-order valence-electron chi connectivity index (χ3n) is 6.70. The quantitative estimate of drug-likeness (QED) is 0.617. The molecule has 1 fully saturated rings. The second kappa shape index (κ2) is 9.96. The molecule has 0 spiro atoms. The van der Waals surface area contributed by atoms with Gasteiger partial charge in [-0.05, 0) is 47.9 Å². The number of benzene rings is 2. The Morgan fingerprint density at radius 1 is 1.06 bits per heavy atom. The summed E-state index contributed by atoms with van der Waals surface area (Å²) in [4.78, 5) is 12.5. The van der Waals surface area contributed by atoms with Gasteiger partial charge in [0.25, 0.3) is 0 Å². The van der Waals surface area contributed by atoms with Crippen LogP contribution in [-0.4, -0.2) is 49.6 Å². The first-order valence-corrected chi connectivity index (χ1v) is 11.1. The lowest BCUT2D eigenvalue weighted by molar-refractivity contribution is -0.0968. The van der Waals surface area contributed by atoms with Crippen LogP contribution in [0.25, 0.3) is 11.1 Å². The van der Waals surface area contributed by atoms with E-state index in [-0.39, 0.29) is 32.3 Å². The van der Waals surface area contributed by atoms with E-state index in [2.05, 4.69) is 29.6 Å². The normalized spacial score (nSPS) is 22.4. The Bertz CT molecular complexity index is 882. The molecule has 0 atom stereocenters. The maximum atomic E-state index is 13.0. The number of halogens is 2. The van der Waals surface area contributed by atoms with Crippen LogP contribution in [0.4, 0.5) is 13.6 Å². The molecule has 2 aromatic rings. The summed E-state index contributed by atoms with van der Waals surface area (Å²) in [5.41, 5.74) is 3.83. The summed E-state index contributed by atoms with van der Waals surface area (Å²) in [5.74, 6) is -0.676. The largest absolute Gasteiger partial charge is 0.449 e. The molecule has 172 valence electrons. The third-order valence-corrected chi connectivity index (χ3v) is 6.70. The van der Waals surface area contributed by atoms with Gasteiger partial charge in [0.2, 0.25) is 6.43 Å². The van der Waals surface area contributed by atoms with E-state index in [4.69, 9.17) is 14.6 Å². The van der Waals surface area contributed by atoms with E-state index in [1.54, 1.807) is 0 Å². The van der Waals surface area contributed by atoms with Crippen LogP contribution in [0.5, 0.6) is 0 Å². The minimum absolute atomic E-state index is 0.0331. The first kappa shape index (κ1) is 22.7. The number of alkyl halides is 2. The standard InChI is InChI=1S/C25H29F2NO4/c26-23(27)17-9-11-25(12-10-17,32-14-13-29)16-28-24(30)31-15-22-20-7-3-1-5-18(20)19-6-2-4-8-21(19)22/h1-8,17,22-23,29H,9-16H2,(H,28,30). The van der Waals surface area contributed by atoms with Crippen molar-refractivity contribution in [2.24, 2.45) is 5.92 Å². The first-order valence-electron chi connectivity index (χ1n) is 11.1. The Kier molecular flexibility index (Phi) is 7.06. The summed E-state index contributed by atoms with van der Waals surface area (Å²) < 4.78 is 37.4. The van der Waals surface area contributed by atoms with Crippen molar-refractivity contribution in [2.45, 2.75) is 43.6 Å². The Morgan fingerprint density at radius 3 is 2.22 bits per heavy atom. The average molecular weight is 446 g/mol. The zero-order chi connectivity index (χ0) is 22.6. The molecule has 1 amide bonds. The van der Waals surface area contributed by atoms with Gasteiger partial charge in [0.15, 0.2) is 0 Å². The Balaban J connectivity index is 1.35. The molecule has 0 heterocycles. The molecule has 2 aliphatic carbocycles. The summed E-state index contributed by atoms with van der Waals surface area (Å²) in [6, 6.07) is 16.2. The molecule has 0 bridgehead atoms. The lowest BCUT2D eigenvalue weighted by Gasteiger charge is -2.39. The minimum atomic E-state index is -2.35. The molecule has 2 aromatic carbocycles. The predicted octanol–water partition coefficient (Wildman–Crippen LogP) is 4.73. The van der Waals surface area contributed by atoms with Crippen molar-refractivity contribution in [3.05, 3.63) is 59.7 Å². The number of carbonyl (C=O) groups is 1. The van der Waals surface area contributed by atoms with E-state index >= 15 is 0 Å². The predicted molar refractivity (Wildman–Crippen MR) is 117 cm³/mol. The smallest absolute Gasteiger partial charge is 0.407 e. The average Bonchev–Trinajstić information content (AvgIpc) is 3.14. The van der Waals surface area contributed by atoms with Crippen LogP contribution in [0.2, 0.25) is 0 Å². The number of rotatable bonds is 8. The number of alkyl carbamates (subject to hydrolysis) is 1. The van der Waals surface area contributed by atoms with Crippen LogP contribution >= 0.6 is 0 Å². The lowest BCUT2D eigenvalue weighted by atomic mass is 9.78. The van der Waals surface area contributed by atoms with Crippen LogP contribution in [0.3, 0.4) is 0 Å². The van der Waals surface area contributed by atoms with Crippen LogP contribution in [0.1, 0.15) is 42.7 Å². The van der Waals surface area contributed by atoms with Crippen LogP contribution < -0.4 is 5.32 Å². The van der Waals surface area contributed by atoms with Gasteiger partial charge in [-0.3, -0.25) is 0 Å². The Morgan fingerprint density at radius 2 is 1.66 bits per heavy atom. The van der Waals surface area contributed by atoms with Gasteiger partial charge in [-0.2, -0.15) is 0 Å². The summed E-state index contributed by atoms with van der Waals surface area (Å²) in [5, 5.41) is 11.9. The maximum absolute atomic E-state index is 13.0.